The molecule has 2 N–H and O–H groups in total. The number of ether oxygens (including phenoxy) is 2. The predicted octanol–water partition coefficient (Wildman–Crippen LogP) is 2.88. The first kappa shape index (κ1) is 18.6. The number of methoxy groups -OCH3 is 2. The molecular weight excluding hydrogens is 302 g/mol. The molecule has 0 atom stereocenters. The maximum atomic E-state index is 5.34. The smallest absolute Gasteiger partial charge is 0.191 e. The highest BCUT2D eigenvalue weighted by molar-refractivity contribution is 5.79. The molecule has 1 aromatic carbocycles. The van der Waals surface area contributed by atoms with Gasteiger partial charge in [-0.25, -0.2) is 0 Å². The van der Waals surface area contributed by atoms with Crippen molar-refractivity contribution in [3.63, 3.8) is 0 Å². The molecule has 0 amide bonds. The first-order valence-electron chi connectivity index (χ1n) is 8.69. The zero-order chi connectivity index (χ0) is 17.4. The van der Waals surface area contributed by atoms with Gasteiger partial charge in [-0.1, -0.05) is 12.5 Å². The highest BCUT2D eigenvalue weighted by Crippen LogP contribution is 2.43. The van der Waals surface area contributed by atoms with Crippen molar-refractivity contribution in [1.82, 2.24) is 10.6 Å². The predicted molar refractivity (Wildman–Crippen MR) is 98.7 cm³/mol. The molecule has 0 unspecified atom stereocenters. The summed E-state index contributed by atoms with van der Waals surface area (Å²) in [6.45, 7) is 4.59. The van der Waals surface area contributed by atoms with Crippen LogP contribution in [0, 0.1) is 12.3 Å². The van der Waals surface area contributed by atoms with Gasteiger partial charge in [-0.15, -0.1) is 0 Å². The summed E-state index contributed by atoms with van der Waals surface area (Å²) in [5.41, 5.74) is 2.76. The molecule has 134 valence electrons. The Hall–Kier alpha value is -1.75. The number of guanidine groups is 1. The summed E-state index contributed by atoms with van der Waals surface area (Å²) in [7, 11) is 5.29. The van der Waals surface area contributed by atoms with Gasteiger partial charge in [0.1, 0.15) is 5.75 Å². The van der Waals surface area contributed by atoms with E-state index in [2.05, 4.69) is 34.7 Å². The van der Waals surface area contributed by atoms with Crippen molar-refractivity contribution in [2.75, 3.05) is 34.4 Å². The Kier molecular flexibility index (Phi) is 6.91. The minimum atomic E-state index is 0.375. The van der Waals surface area contributed by atoms with E-state index >= 15 is 0 Å². The lowest BCUT2D eigenvalue weighted by Gasteiger charge is -2.42. The number of hydrogen-bond donors (Lipinski definition) is 2. The van der Waals surface area contributed by atoms with Crippen LogP contribution in [-0.2, 0) is 11.3 Å². The van der Waals surface area contributed by atoms with Crippen molar-refractivity contribution in [3.05, 3.63) is 29.3 Å². The Balaban J connectivity index is 1.85. The Morgan fingerprint density at radius 2 is 2.00 bits per heavy atom. The van der Waals surface area contributed by atoms with Gasteiger partial charge in [0.2, 0.25) is 0 Å². The summed E-state index contributed by atoms with van der Waals surface area (Å²) < 4.78 is 10.6. The average molecular weight is 333 g/mol. The van der Waals surface area contributed by atoms with Crippen LogP contribution in [0.15, 0.2) is 23.2 Å². The summed E-state index contributed by atoms with van der Waals surface area (Å²) in [5, 5.41) is 6.88. The molecule has 5 nitrogen and oxygen atoms in total. The van der Waals surface area contributed by atoms with E-state index in [-0.39, 0.29) is 0 Å². The molecule has 2 rings (SSSR count). The zero-order valence-electron chi connectivity index (χ0n) is 15.4. The number of benzene rings is 1. The zero-order valence-corrected chi connectivity index (χ0v) is 15.4. The normalized spacial score (nSPS) is 16.4. The lowest BCUT2D eigenvalue weighted by Crippen LogP contribution is -2.46. The monoisotopic (exact) mass is 333 g/mol. The van der Waals surface area contributed by atoms with Crippen LogP contribution in [0.2, 0.25) is 0 Å². The Morgan fingerprint density at radius 3 is 2.58 bits per heavy atom. The first-order valence-corrected chi connectivity index (χ1v) is 8.69. The summed E-state index contributed by atoms with van der Waals surface area (Å²) in [6.07, 6.45) is 4.98. The molecule has 24 heavy (non-hydrogen) atoms. The summed E-state index contributed by atoms with van der Waals surface area (Å²) in [5.74, 6) is 1.74. The summed E-state index contributed by atoms with van der Waals surface area (Å²) in [6, 6.07) is 6.25. The molecular formula is C19H31N3O2. The number of nitrogens with one attached hydrogen (secondary N) is 2. The van der Waals surface area contributed by atoms with Crippen LogP contribution in [0.5, 0.6) is 5.75 Å². The maximum absolute atomic E-state index is 5.34. The molecule has 1 aliphatic rings. The number of nitrogens with zero attached hydrogens (tertiary/aromatic N) is 1. The second-order valence-electron chi connectivity index (χ2n) is 6.73. The quantitative estimate of drug-likeness (QED) is 0.567. The molecule has 0 radical (unpaired) electrons. The molecule has 1 aromatic rings. The summed E-state index contributed by atoms with van der Waals surface area (Å²) >= 11 is 0. The highest BCUT2D eigenvalue weighted by atomic mass is 16.5. The third kappa shape index (κ3) is 5.13. The second-order valence-corrected chi connectivity index (χ2v) is 6.73. The molecule has 1 saturated carbocycles. The minimum Gasteiger partial charge on any atom is -0.497 e. The summed E-state index contributed by atoms with van der Waals surface area (Å²) in [4.78, 5) is 4.34. The second kappa shape index (κ2) is 8.92. The number of aryl methyl sites for hydroxylation is 1. The molecule has 1 fully saturated rings. The van der Waals surface area contributed by atoms with Crippen molar-refractivity contribution in [1.29, 1.82) is 0 Å². The van der Waals surface area contributed by atoms with Crippen LogP contribution in [0.25, 0.3) is 0 Å². The van der Waals surface area contributed by atoms with E-state index in [0.29, 0.717) is 5.41 Å². The molecule has 0 saturated heterocycles. The Morgan fingerprint density at radius 1 is 1.21 bits per heavy atom. The van der Waals surface area contributed by atoms with Gasteiger partial charge in [0.25, 0.3) is 0 Å². The van der Waals surface area contributed by atoms with E-state index in [4.69, 9.17) is 9.47 Å². The number of rotatable bonds is 8. The van der Waals surface area contributed by atoms with Gasteiger partial charge in [-0.2, -0.15) is 0 Å². The van der Waals surface area contributed by atoms with Gasteiger partial charge in [-0.3, -0.25) is 4.99 Å². The van der Waals surface area contributed by atoms with Crippen LogP contribution in [0.4, 0.5) is 0 Å². The fourth-order valence-electron chi connectivity index (χ4n) is 3.23. The van der Waals surface area contributed by atoms with Crippen LogP contribution >= 0.6 is 0 Å². The molecule has 0 spiro atoms. The van der Waals surface area contributed by atoms with E-state index in [9.17, 15) is 0 Å². The SMILES string of the molecule is CN=C(NCc1cc(C)cc(OC)c1)NCC1(CCOC)CCC1. The van der Waals surface area contributed by atoms with Crippen molar-refractivity contribution < 1.29 is 9.47 Å². The van der Waals surface area contributed by atoms with Gasteiger partial charge in [-0.05, 0) is 54.9 Å². The number of aliphatic imine (C=N–C) groups is 1. The highest BCUT2D eigenvalue weighted by Gasteiger charge is 2.36. The van der Waals surface area contributed by atoms with Crippen molar-refractivity contribution in [3.8, 4) is 5.75 Å². The topological polar surface area (TPSA) is 54.9 Å². The van der Waals surface area contributed by atoms with Crippen molar-refractivity contribution in [2.24, 2.45) is 10.4 Å². The molecule has 0 aliphatic heterocycles. The third-order valence-corrected chi connectivity index (χ3v) is 4.91. The fourth-order valence-corrected chi connectivity index (χ4v) is 3.23. The minimum absolute atomic E-state index is 0.375. The largest absolute Gasteiger partial charge is 0.497 e. The van der Waals surface area contributed by atoms with Crippen LogP contribution < -0.4 is 15.4 Å². The van der Waals surface area contributed by atoms with Crippen LogP contribution in [-0.4, -0.2) is 40.4 Å². The molecule has 1 aliphatic carbocycles. The molecule has 5 heteroatoms. The van der Waals surface area contributed by atoms with Gasteiger partial charge in [0.15, 0.2) is 5.96 Å². The van der Waals surface area contributed by atoms with Crippen LogP contribution in [0.1, 0.15) is 36.8 Å². The fraction of sp³-hybridized carbons (Fsp3) is 0.632. The lowest BCUT2D eigenvalue weighted by molar-refractivity contribution is 0.0732. The Bertz CT molecular complexity index is 554. The van der Waals surface area contributed by atoms with Crippen molar-refractivity contribution in [2.45, 2.75) is 39.2 Å². The van der Waals surface area contributed by atoms with E-state index in [1.54, 1.807) is 14.2 Å². The van der Waals surface area contributed by atoms with Crippen LogP contribution in [0.3, 0.4) is 0 Å². The van der Waals surface area contributed by atoms with E-state index in [1.807, 2.05) is 13.1 Å². The first-order chi connectivity index (χ1) is 11.6. The van der Waals surface area contributed by atoms with Gasteiger partial charge in [0, 0.05) is 33.9 Å². The lowest BCUT2D eigenvalue weighted by atomic mass is 9.67. The maximum Gasteiger partial charge on any atom is 0.191 e. The van der Waals surface area contributed by atoms with E-state index in [1.165, 1.54) is 30.4 Å². The van der Waals surface area contributed by atoms with Gasteiger partial charge < -0.3 is 20.1 Å². The Labute approximate surface area is 145 Å². The third-order valence-electron chi connectivity index (χ3n) is 4.91. The molecule has 0 aromatic heterocycles. The van der Waals surface area contributed by atoms with Gasteiger partial charge in [0.05, 0.1) is 7.11 Å². The standard InChI is InChI=1S/C19H31N3O2/c1-15-10-16(12-17(11-15)24-4)13-21-18(20-2)22-14-19(6-5-7-19)8-9-23-3/h10-12H,5-9,13-14H2,1-4H3,(H2,20,21,22). The van der Waals surface area contributed by atoms with E-state index < -0.39 is 0 Å². The van der Waals surface area contributed by atoms with Crippen molar-refractivity contribution >= 4 is 5.96 Å². The molecule has 0 bridgehead atoms. The van der Waals surface area contributed by atoms with Gasteiger partial charge >= 0.3 is 0 Å². The van der Waals surface area contributed by atoms with E-state index in [0.717, 1.165) is 37.8 Å². The number of hydrogen-bond acceptors (Lipinski definition) is 3. The average Bonchev–Trinajstić information content (AvgIpc) is 2.55. The molecule has 0 heterocycles.